The number of nitrogens with one attached hydrogen (secondary N) is 1. The first-order chi connectivity index (χ1) is 8.24. The van der Waals surface area contributed by atoms with E-state index in [1.54, 1.807) is 4.90 Å². The third kappa shape index (κ3) is 3.71. The van der Waals surface area contributed by atoms with Crippen LogP contribution in [-0.2, 0) is 4.79 Å². The minimum absolute atomic E-state index is 0.101. The van der Waals surface area contributed by atoms with Crippen molar-refractivity contribution in [3.05, 3.63) is 0 Å². The summed E-state index contributed by atoms with van der Waals surface area (Å²) >= 11 is 0. The van der Waals surface area contributed by atoms with E-state index >= 15 is 0 Å². The lowest BCUT2D eigenvalue weighted by Gasteiger charge is -2.34. The topological polar surface area (TPSA) is 56.1 Å². The number of carbonyl (C=O) groups excluding carboxylic acids is 1. The SMILES string of the molecule is CCCCC(CC)C(=O)N1CCNCC1C#N. The molecular weight excluding hydrogens is 214 g/mol. The molecule has 0 aromatic rings. The van der Waals surface area contributed by atoms with E-state index in [1.165, 1.54) is 0 Å². The van der Waals surface area contributed by atoms with Gasteiger partial charge in [-0.25, -0.2) is 0 Å². The van der Waals surface area contributed by atoms with Crippen molar-refractivity contribution in [2.45, 2.75) is 45.6 Å². The molecule has 4 nitrogen and oxygen atoms in total. The molecule has 2 atom stereocenters. The van der Waals surface area contributed by atoms with E-state index in [2.05, 4.69) is 25.2 Å². The molecule has 0 aromatic carbocycles. The van der Waals surface area contributed by atoms with Gasteiger partial charge in [0.15, 0.2) is 0 Å². The number of hydrogen-bond donors (Lipinski definition) is 1. The first kappa shape index (κ1) is 14.0. The summed E-state index contributed by atoms with van der Waals surface area (Å²) in [4.78, 5) is 14.1. The van der Waals surface area contributed by atoms with E-state index in [0.717, 1.165) is 32.2 Å². The van der Waals surface area contributed by atoms with Gasteiger partial charge in [-0.05, 0) is 12.8 Å². The van der Waals surface area contributed by atoms with Crippen molar-refractivity contribution < 1.29 is 4.79 Å². The summed E-state index contributed by atoms with van der Waals surface area (Å²) in [5.74, 6) is 0.276. The van der Waals surface area contributed by atoms with Crippen molar-refractivity contribution >= 4 is 5.91 Å². The summed E-state index contributed by atoms with van der Waals surface area (Å²) in [5.41, 5.74) is 0. The van der Waals surface area contributed by atoms with Crippen LogP contribution in [0.1, 0.15) is 39.5 Å². The molecule has 1 aliphatic heterocycles. The third-order valence-corrected chi connectivity index (χ3v) is 3.42. The molecule has 0 aromatic heterocycles. The summed E-state index contributed by atoms with van der Waals surface area (Å²) in [6, 6.07) is 1.93. The highest BCUT2D eigenvalue weighted by Crippen LogP contribution is 2.18. The highest BCUT2D eigenvalue weighted by molar-refractivity contribution is 5.79. The van der Waals surface area contributed by atoms with E-state index in [9.17, 15) is 4.79 Å². The fraction of sp³-hybridized carbons (Fsp3) is 0.846. The molecule has 1 rings (SSSR count). The first-order valence-corrected chi connectivity index (χ1v) is 6.65. The maximum absolute atomic E-state index is 12.4. The van der Waals surface area contributed by atoms with Crippen LogP contribution in [0.15, 0.2) is 0 Å². The first-order valence-electron chi connectivity index (χ1n) is 6.65. The molecule has 1 heterocycles. The van der Waals surface area contributed by atoms with Gasteiger partial charge in [-0.3, -0.25) is 4.79 Å². The van der Waals surface area contributed by atoms with Crippen molar-refractivity contribution in [3.63, 3.8) is 0 Å². The molecule has 0 aliphatic carbocycles. The normalized spacial score (nSPS) is 21.9. The summed E-state index contributed by atoms with van der Waals surface area (Å²) in [6.07, 6.45) is 4.04. The van der Waals surface area contributed by atoms with E-state index in [-0.39, 0.29) is 17.9 Å². The maximum atomic E-state index is 12.4. The molecule has 1 amide bonds. The third-order valence-electron chi connectivity index (χ3n) is 3.42. The van der Waals surface area contributed by atoms with Crippen LogP contribution in [0.25, 0.3) is 0 Å². The van der Waals surface area contributed by atoms with Crippen molar-refractivity contribution in [3.8, 4) is 6.07 Å². The van der Waals surface area contributed by atoms with Crippen LogP contribution in [0, 0.1) is 17.2 Å². The average Bonchev–Trinajstić information content (AvgIpc) is 2.39. The Kier molecular flexibility index (Phi) is 5.99. The number of carbonyl (C=O) groups is 1. The summed E-state index contributed by atoms with van der Waals surface area (Å²) < 4.78 is 0. The minimum Gasteiger partial charge on any atom is -0.324 e. The molecule has 0 saturated carbocycles. The molecule has 0 radical (unpaired) electrons. The monoisotopic (exact) mass is 237 g/mol. The second kappa shape index (κ2) is 7.29. The molecule has 0 bridgehead atoms. The zero-order valence-electron chi connectivity index (χ0n) is 10.9. The highest BCUT2D eigenvalue weighted by atomic mass is 16.2. The zero-order valence-corrected chi connectivity index (χ0v) is 10.9. The fourth-order valence-corrected chi connectivity index (χ4v) is 2.27. The van der Waals surface area contributed by atoms with Crippen molar-refractivity contribution in [1.29, 1.82) is 5.26 Å². The van der Waals surface area contributed by atoms with E-state index in [4.69, 9.17) is 5.26 Å². The second-order valence-electron chi connectivity index (χ2n) is 4.63. The Labute approximate surface area is 104 Å². The highest BCUT2D eigenvalue weighted by Gasteiger charge is 2.30. The van der Waals surface area contributed by atoms with Gasteiger partial charge < -0.3 is 10.2 Å². The molecule has 1 saturated heterocycles. The van der Waals surface area contributed by atoms with Crippen molar-refractivity contribution in [2.24, 2.45) is 5.92 Å². The molecule has 1 aliphatic rings. The Hall–Kier alpha value is -1.08. The molecule has 1 fully saturated rings. The largest absolute Gasteiger partial charge is 0.324 e. The lowest BCUT2D eigenvalue weighted by molar-refractivity contribution is -0.138. The van der Waals surface area contributed by atoms with Gasteiger partial charge in [0.1, 0.15) is 6.04 Å². The standard InChI is InChI=1S/C13H23N3O/c1-3-5-6-11(4-2)13(17)16-8-7-15-10-12(16)9-14/h11-12,15H,3-8,10H2,1-2H3. The molecule has 96 valence electrons. The smallest absolute Gasteiger partial charge is 0.226 e. The van der Waals surface area contributed by atoms with Gasteiger partial charge in [-0.1, -0.05) is 26.7 Å². The number of rotatable bonds is 5. The van der Waals surface area contributed by atoms with Crippen LogP contribution in [0.2, 0.25) is 0 Å². The van der Waals surface area contributed by atoms with Gasteiger partial charge >= 0.3 is 0 Å². The number of nitriles is 1. The quantitative estimate of drug-likeness (QED) is 0.789. The number of nitrogens with zero attached hydrogens (tertiary/aromatic N) is 2. The molecule has 1 N–H and O–H groups in total. The Morgan fingerprint density at radius 3 is 2.94 bits per heavy atom. The number of piperazine rings is 1. The van der Waals surface area contributed by atoms with Crippen LogP contribution in [0.4, 0.5) is 0 Å². The molecular formula is C13H23N3O. The number of unbranched alkanes of at least 4 members (excludes halogenated alkanes) is 1. The summed E-state index contributed by atoms with van der Waals surface area (Å²) in [7, 11) is 0. The Morgan fingerprint density at radius 1 is 1.59 bits per heavy atom. The predicted octanol–water partition coefficient (Wildman–Crippen LogP) is 1.53. The van der Waals surface area contributed by atoms with Crippen LogP contribution >= 0.6 is 0 Å². The van der Waals surface area contributed by atoms with Crippen LogP contribution in [0.3, 0.4) is 0 Å². The molecule has 17 heavy (non-hydrogen) atoms. The van der Waals surface area contributed by atoms with Crippen LogP contribution < -0.4 is 5.32 Å². The maximum Gasteiger partial charge on any atom is 0.226 e. The number of amides is 1. The molecule has 4 heteroatoms. The average molecular weight is 237 g/mol. The Bertz CT molecular complexity index is 285. The van der Waals surface area contributed by atoms with Crippen LogP contribution in [0.5, 0.6) is 0 Å². The van der Waals surface area contributed by atoms with E-state index in [0.29, 0.717) is 13.1 Å². The fourth-order valence-electron chi connectivity index (χ4n) is 2.27. The lowest BCUT2D eigenvalue weighted by Crippen LogP contribution is -2.54. The van der Waals surface area contributed by atoms with Gasteiger partial charge in [0, 0.05) is 25.6 Å². The van der Waals surface area contributed by atoms with Crippen LogP contribution in [-0.4, -0.2) is 36.5 Å². The Morgan fingerprint density at radius 2 is 2.35 bits per heavy atom. The van der Waals surface area contributed by atoms with E-state index in [1.807, 2.05) is 0 Å². The van der Waals surface area contributed by atoms with Gasteiger partial charge in [-0.2, -0.15) is 5.26 Å². The van der Waals surface area contributed by atoms with Gasteiger partial charge in [-0.15, -0.1) is 0 Å². The van der Waals surface area contributed by atoms with Gasteiger partial charge in [0.05, 0.1) is 6.07 Å². The molecule has 2 unspecified atom stereocenters. The Balaban J connectivity index is 2.61. The second-order valence-corrected chi connectivity index (χ2v) is 4.63. The molecule has 0 spiro atoms. The van der Waals surface area contributed by atoms with E-state index < -0.39 is 0 Å². The lowest BCUT2D eigenvalue weighted by atomic mass is 9.96. The van der Waals surface area contributed by atoms with Gasteiger partial charge in [0.25, 0.3) is 0 Å². The minimum atomic E-state index is -0.285. The van der Waals surface area contributed by atoms with Gasteiger partial charge in [0.2, 0.25) is 5.91 Å². The van der Waals surface area contributed by atoms with Crippen molar-refractivity contribution in [1.82, 2.24) is 10.2 Å². The number of hydrogen-bond acceptors (Lipinski definition) is 3. The predicted molar refractivity (Wildman–Crippen MR) is 67.3 cm³/mol. The summed E-state index contributed by atoms with van der Waals surface area (Å²) in [6.45, 7) is 6.27. The van der Waals surface area contributed by atoms with Crippen molar-refractivity contribution in [2.75, 3.05) is 19.6 Å². The zero-order chi connectivity index (χ0) is 12.7. The summed E-state index contributed by atoms with van der Waals surface area (Å²) in [5, 5.41) is 12.2.